The summed E-state index contributed by atoms with van der Waals surface area (Å²) in [5.74, 6) is 0.467. The molecule has 1 saturated carbocycles. The van der Waals surface area contributed by atoms with E-state index in [1.165, 1.54) is 0 Å². The van der Waals surface area contributed by atoms with Crippen LogP contribution >= 0.6 is 11.6 Å². The van der Waals surface area contributed by atoms with Crippen molar-refractivity contribution in [3.63, 3.8) is 0 Å². The van der Waals surface area contributed by atoms with Gasteiger partial charge >= 0.3 is 0 Å². The van der Waals surface area contributed by atoms with E-state index in [0.29, 0.717) is 10.9 Å². The topological polar surface area (TPSA) is 57.8 Å². The Balaban J connectivity index is 2.00. The number of halogens is 1. The van der Waals surface area contributed by atoms with Crippen molar-refractivity contribution >= 4 is 23.2 Å². The molecule has 1 aliphatic rings. The largest absolute Gasteiger partial charge is 0.322 e. The fourth-order valence-corrected chi connectivity index (χ4v) is 2.39. The molecule has 116 valence electrons. The summed E-state index contributed by atoms with van der Waals surface area (Å²) in [5, 5.41) is 11.3. The molecule has 22 heavy (non-hydrogen) atoms. The van der Waals surface area contributed by atoms with Gasteiger partial charge in [0.25, 0.3) is 0 Å². The van der Waals surface area contributed by atoms with Crippen molar-refractivity contribution in [2.45, 2.75) is 39.5 Å². The fraction of sp³-hybridized carbons (Fsp3) is 0.412. The third kappa shape index (κ3) is 3.02. The van der Waals surface area contributed by atoms with Crippen molar-refractivity contribution < 1.29 is 4.79 Å². The van der Waals surface area contributed by atoms with Gasteiger partial charge in [-0.25, -0.2) is 0 Å². The van der Waals surface area contributed by atoms with Crippen LogP contribution < -0.4 is 5.32 Å². The average molecular weight is 318 g/mol. The number of amides is 1. The fourth-order valence-electron chi connectivity index (χ4n) is 2.27. The van der Waals surface area contributed by atoms with Crippen LogP contribution in [0.1, 0.15) is 45.2 Å². The number of aromatic amines is 1. The molecule has 2 aromatic rings. The van der Waals surface area contributed by atoms with E-state index >= 15 is 0 Å². The van der Waals surface area contributed by atoms with Crippen LogP contribution in [0.15, 0.2) is 24.3 Å². The van der Waals surface area contributed by atoms with Crippen molar-refractivity contribution in [3.8, 4) is 11.3 Å². The normalized spacial score (nSPS) is 14.9. The number of aromatic nitrogens is 2. The Morgan fingerprint density at radius 2 is 1.91 bits per heavy atom. The summed E-state index contributed by atoms with van der Waals surface area (Å²) in [7, 11) is 0. The molecule has 1 fully saturated rings. The third-order valence-electron chi connectivity index (χ3n) is 3.82. The van der Waals surface area contributed by atoms with E-state index in [1.54, 1.807) is 0 Å². The highest BCUT2D eigenvalue weighted by atomic mass is 35.5. The van der Waals surface area contributed by atoms with Gasteiger partial charge in [-0.1, -0.05) is 44.5 Å². The van der Waals surface area contributed by atoms with E-state index in [1.807, 2.05) is 45.0 Å². The highest BCUT2D eigenvalue weighted by Gasteiger charge is 2.32. The molecule has 0 atom stereocenters. The van der Waals surface area contributed by atoms with Gasteiger partial charge in [0.15, 0.2) is 0 Å². The number of hydrogen-bond donors (Lipinski definition) is 2. The number of nitrogens with one attached hydrogen (secondary N) is 2. The molecule has 4 nitrogen and oxygen atoms in total. The highest BCUT2D eigenvalue weighted by Crippen LogP contribution is 2.45. The number of carbonyl (C=O) groups excluding carboxylic acids is 1. The van der Waals surface area contributed by atoms with Crippen LogP contribution in [-0.4, -0.2) is 16.1 Å². The van der Waals surface area contributed by atoms with Gasteiger partial charge in [0.05, 0.1) is 11.4 Å². The van der Waals surface area contributed by atoms with E-state index in [4.69, 9.17) is 11.6 Å². The van der Waals surface area contributed by atoms with Crippen molar-refractivity contribution in [1.29, 1.82) is 0 Å². The first-order valence-corrected chi connectivity index (χ1v) is 7.89. The summed E-state index contributed by atoms with van der Waals surface area (Å²) in [4.78, 5) is 12.4. The first-order valence-electron chi connectivity index (χ1n) is 7.52. The number of hydrogen-bond acceptors (Lipinski definition) is 2. The van der Waals surface area contributed by atoms with E-state index < -0.39 is 5.41 Å². The van der Waals surface area contributed by atoms with E-state index in [-0.39, 0.29) is 5.91 Å². The summed E-state index contributed by atoms with van der Waals surface area (Å²) < 4.78 is 0. The molecule has 5 heteroatoms. The van der Waals surface area contributed by atoms with Crippen molar-refractivity contribution in [1.82, 2.24) is 10.2 Å². The summed E-state index contributed by atoms with van der Waals surface area (Å²) >= 11 is 5.95. The molecule has 0 unspecified atom stereocenters. The number of nitrogens with zero attached hydrogens (tertiary/aromatic N) is 1. The van der Waals surface area contributed by atoms with Crippen molar-refractivity contribution in [3.05, 3.63) is 35.0 Å². The van der Waals surface area contributed by atoms with Crippen LogP contribution in [0, 0.1) is 5.41 Å². The minimum absolute atomic E-state index is 0.00832. The zero-order valence-corrected chi connectivity index (χ0v) is 13.8. The Morgan fingerprint density at radius 1 is 1.27 bits per heavy atom. The first-order chi connectivity index (χ1) is 10.4. The van der Waals surface area contributed by atoms with Gasteiger partial charge in [-0.2, -0.15) is 5.10 Å². The molecule has 3 rings (SSSR count). The Labute approximate surface area is 135 Å². The summed E-state index contributed by atoms with van der Waals surface area (Å²) in [6.07, 6.45) is 2.28. The number of benzene rings is 1. The number of carbonyl (C=O) groups is 1. The highest BCUT2D eigenvalue weighted by molar-refractivity contribution is 6.30. The predicted molar refractivity (Wildman–Crippen MR) is 89.1 cm³/mol. The second-order valence-corrected chi connectivity index (χ2v) is 7.28. The van der Waals surface area contributed by atoms with Crippen LogP contribution in [0.4, 0.5) is 5.69 Å². The quantitative estimate of drug-likeness (QED) is 0.869. The van der Waals surface area contributed by atoms with Crippen molar-refractivity contribution in [2.75, 3.05) is 5.32 Å². The lowest BCUT2D eigenvalue weighted by Crippen LogP contribution is -2.28. The lowest BCUT2D eigenvalue weighted by molar-refractivity contribution is -0.123. The van der Waals surface area contributed by atoms with Crippen molar-refractivity contribution in [2.24, 2.45) is 5.41 Å². The maximum absolute atomic E-state index is 12.4. The Bertz CT molecular complexity index is 694. The minimum Gasteiger partial charge on any atom is -0.322 e. The predicted octanol–water partition coefficient (Wildman–Crippen LogP) is 4.59. The molecule has 0 radical (unpaired) electrons. The first kappa shape index (κ1) is 15.1. The second-order valence-electron chi connectivity index (χ2n) is 6.85. The molecule has 1 aromatic carbocycles. The van der Waals surface area contributed by atoms with Gasteiger partial charge in [0, 0.05) is 21.9 Å². The van der Waals surface area contributed by atoms with Gasteiger partial charge in [0.1, 0.15) is 5.69 Å². The monoisotopic (exact) mass is 317 g/mol. The number of anilines is 1. The van der Waals surface area contributed by atoms with Gasteiger partial charge in [-0.05, 0) is 25.0 Å². The molecule has 0 aliphatic heterocycles. The molecular formula is C17H20ClN3O. The molecule has 2 N–H and O–H groups in total. The zero-order chi connectivity index (χ0) is 15.9. The summed E-state index contributed by atoms with van der Waals surface area (Å²) in [6, 6.07) is 7.50. The molecule has 0 spiro atoms. The number of H-pyrrole nitrogens is 1. The smallest absolute Gasteiger partial charge is 0.229 e. The van der Waals surface area contributed by atoms with Crippen LogP contribution in [0.5, 0.6) is 0 Å². The molecule has 1 aliphatic carbocycles. The second kappa shape index (κ2) is 5.43. The van der Waals surface area contributed by atoms with E-state index in [0.717, 1.165) is 35.5 Å². The molecule has 1 heterocycles. The average Bonchev–Trinajstić information content (AvgIpc) is 3.21. The Kier molecular flexibility index (Phi) is 3.73. The maximum Gasteiger partial charge on any atom is 0.229 e. The molecule has 1 aromatic heterocycles. The zero-order valence-electron chi connectivity index (χ0n) is 13.0. The summed E-state index contributed by atoms with van der Waals surface area (Å²) in [6.45, 7) is 5.71. The van der Waals surface area contributed by atoms with E-state index in [9.17, 15) is 4.79 Å². The minimum atomic E-state index is -0.449. The van der Waals surface area contributed by atoms with Crippen LogP contribution in [0.3, 0.4) is 0 Å². The lowest BCUT2D eigenvalue weighted by Gasteiger charge is -2.18. The molecule has 1 amide bonds. The van der Waals surface area contributed by atoms with Crippen LogP contribution in [0.2, 0.25) is 5.02 Å². The number of rotatable bonds is 3. The Hall–Kier alpha value is -1.81. The van der Waals surface area contributed by atoms with Gasteiger partial charge < -0.3 is 5.32 Å². The molecule has 0 saturated heterocycles. The molecular weight excluding hydrogens is 298 g/mol. The lowest BCUT2D eigenvalue weighted by atomic mass is 9.95. The van der Waals surface area contributed by atoms with Crippen LogP contribution in [0.25, 0.3) is 11.3 Å². The van der Waals surface area contributed by atoms with Gasteiger partial charge in [-0.3, -0.25) is 9.89 Å². The summed E-state index contributed by atoms with van der Waals surface area (Å²) in [5.41, 5.74) is 3.11. The maximum atomic E-state index is 12.4. The SMILES string of the molecule is CC(C)(C)C(=O)Nc1c(-c2ccc(Cl)cc2)n[nH]c1C1CC1. The third-order valence-corrected chi connectivity index (χ3v) is 4.07. The standard InChI is InChI=1S/C17H20ClN3O/c1-17(2,3)16(22)19-15-13(10-4-5-10)20-21-14(15)11-6-8-12(18)9-7-11/h6-10H,4-5H2,1-3H3,(H,19,22)(H,20,21). The van der Waals surface area contributed by atoms with Crippen LogP contribution in [-0.2, 0) is 4.79 Å². The van der Waals surface area contributed by atoms with E-state index in [2.05, 4.69) is 15.5 Å². The van der Waals surface area contributed by atoms with Gasteiger partial charge in [0.2, 0.25) is 5.91 Å². The molecule has 0 bridgehead atoms. The Morgan fingerprint density at radius 3 is 2.45 bits per heavy atom. The van der Waals surface area contributed by atoms with Gasteiger partial charge in [-0.15, -0.1) is 0 Å².